The van der Waals surface area contributed by atoms with Gasteiger partial charge < -0.3 is 19.1 Å². The second-order valence-corrected chi connectivity index (χ2v) is 12.4. The van der Waals surface area contributed by atoms with Gasteiger partial charge in [0.25, 0.3) is 0 Å². The molecule has 3 aromatic rings. The van der Waals surface area contributed by atoms with E-state index >= 15 is 0 Å². The lowest BCUT2D eigenvalue weighted by molar-refractivity contribution is -0.132. The van der Waals surface area contributed by atoms with Crippen LogP contribution in [0.2, 0.25) is 10.0 Å². The number of sulfonamides is 1. The summed E-state index contributed by atoms with van der Waals surface area (Å²) in [6.07, 6.45) is 0.936. The van der Waals surface area contributed by atoms with Crippen LogP contribution in [-0.4, -0.2) is 71.1 Å². The van der Waals surface area contributed by atoms with E-state index in [0.29, 0.717) is 44.0 Å². The summed E-state index contributed by atoms with van der Waals surface area (Å²) < 4.78 is 44.2. The Morgan fingerprint density at radius 2 is 1.74 bits per heavy atom. The quantitative estimate of drug-likeness (QED) is 0.214. The number of carbonyl (C=O) groups excluding carboxylic acids is 1. The van der Waals surface area contributed by atoms with Crippen molar-refractivity contribution in [2.75, 3.05) is 47.6 Å². The Hall–Kier alpha value is -2.34. The molecule has 8 nitrogen and oxygen atoms in total. The molecular weight excluding hydrogens is 583 g/mol. The largest absolute Gasteiger partial charge is 0.493 e. The van der Waals surface area contributed by atoms with Gasteiger partial charge in [0.2, 0.25) is 15.9 Å². The SMILES string of the molecule is COCCCN(CC(=O)N(CCc1ccc(OC)c(OC)c1)Cc1cccs1)S(=O)(=O)c1cc(Cl)ccc1Cl. The number of halogens is 2. The third kappa shape index (κ3) is 8.57. The first kappa shape index (κ1) is 31.2. The van der Waals surface area contributed by atoms with Crippen molar-refractivity contribution in [3.63, 3.8) is 0 Å². The fraction of sp³-hybridized carbons (Fsp3) is 0.370. The topological polar surface area (TPSA) is 85.4 Å². The number of rotatable bonds is 15. The van der Waals surface area contributed by atoms with Crippen LogP contribution < -0.4 is 9.47 Å². The summed E-state index contributed by atoms with van der Waals surface area (Å²) in [7, 11) is 0.553. The van der Waals surface area contributed by atoms with Gasteiger partial charge in [-0.05, 0) is 60.2 Å². The molecule has 0 bridgehead atoms. The van der Waals surface area contributed by atoms with Crippen molar-refractivity contribution in [3.05, 3.63) is 74.4 Å². The second kappa shape index (κ2) is 14.9. The van der Waals surface area contributed by atoms with E-state index in [1.807, 2.05) is 35.7 Å². The van der Waals surface area contributed by atoms with E-state index in [1.165, 1.54) is 36.6 Å². The van der Waals surface area contributed by atoms with Gasteiger partial charge in [-0.1, -0.05) is 35.3 Å². The summed E-state index contributed by atoms with van der Waals surface area (Å²) in [5, 5.41) is 2.21. The Morgan fingerprint density at radius 3 is 2.41 bits per heavy atom. The zero-order chi connectivity index (χ0) is 28.4. The van der Waals surface area contributed by atoms with E-state index in [2.05, 4.69) is 0 Å². The first-order valence-electron chi connectivity index (χ1n) is 12.1. The molecule has 0 N–H and O–H groups in total. The summed E-state index contributed by atoms with van der Waals surface area (Å²) in [5.74, 6) is 0.882. The molecule has 12 heteroatoms. The van der Waals surface area contributed by atoms with Crippen molar-refractivity contribution >= 4 is 50.5 Å². The molecule has 2 aromatic carbocycles. The first-order chi connectivity index (χ1) is 18.7. The van der Waals surface area contributed by atoms with Gasteiger partial charge >= 0.3 is 0 Å². The van der Waals surface area contributed by atoms with Crippen molar-refractivity contribution in [2.45, 2.75) is 24.3 Å². The van der Waals surface area contributed by atoms with Crippen LogP contribution in [0.3, 0.4) is 0 Å². The number of hydrogen-bond donors (Lipinski definition) is 0. The highest BCUT2D eigenvalue weighted by Crippen LogP contribution is 2.29. The third-order valence-corrected chi connectivity index (χ3v) is 9.40. The summed E-state index contributed by atoms with van der Waals surface area (Å²) in [6.45, 7) is 0.783. The zero-order valence-corrected chi connectivity index (χ0v) is 25.2. The Labute approximate surface area is 244 Å². The maximum atomic E-state index is 13.7. The monoisotopic (exact) mass is 614 g/mol. The average molecular weight is 616 g/mol. The minimum atomic E-state index is -4.12. The van der Waals surface area contributed by atoms with E-state index in [-0.39, 0.29) is 33.9 Å². The molecule has 0 atom stereocenters. The molecule has 1 aromatic heterocycles. The Balaban J connectivity index is 1.86. The van der Waals surface area contributed by atoms with E-state index in [4.69, 9.17) is 37.4 Å². The Bertz CT molecular complexity index is 1340. The van der Waals surface area contributed by atoms with Crippen LogP contribution >= 0.6 is 34.5 Å². The summed E-state index contributed by atoms with van der Waals surface area (Å²) in [4.78, 5) is 16.2. The molecule has 1 amide bonds. The number of thiophene rings is 1. The number of carbonyl (C=O) groups is 1. The lowest BCUT2D eigenvalue weighted by Gasteiger charge is -2.27. The van der Waals surface area contributed by atoms with Crippen LogP contribution in [0.4, 0.5) is 0 Å². The average Bonchev–Trinajstić information content (AvgIpc) is 3.44. The summed E-state index contributed by atoms with van der Waals surface area (Å²) in [6, 6.07) is 13.7. The lowest BCUT2D eigenvalue weighted by Crippen LogP contribution is -2.43. The highest BCUT2D eigenvalue weighted by Gasteiger charge is 2.30. The second-order valence-electron chi connectivity index (χ2n) is 8.59. The maximum absolute atomic E-state index is 13.7. The van der Waals surface area contributed by atoms with Gasteiger partial charge in [0.1, 0.15) is 4.90 Å². The molecule has 212 valence electrons. The highest BCUT2D eigenvalue weighted by atomic mass is 35.5. The molecule has 0 unspecified atom stereocenters. The molecule has 39 heavy (non-hydrogen) atoms. The van der Waals surface area contributed by atoms with Crippen molar-refractivity contribution in [3.8, 4) is 11.5 Å². The fourth-order valence-electron chi connectivity index (χ4n) is 3.92. The summed E-state index contributed by atoms with van der Waals surface area (Å²) in [5.41, 5.74) is 0.951. The standard InChI is InChI=1S/C27H32Cl2N2O6S2/c1-35-14-5-12-31(39(33,34)26-17-21(28)8-9-23(26)29)19-27(32)30(18-22-6-4-15-38-22)13-11-20-7-10-24(36-2)25(16-20)37-3/h4,6-10,15-17H,5,11-14,18-19H2,1-3H3. The van der Waals surface area contributed by atoms with Crippen LogP contribution in [0.25, 0.3) is 0 Å². The molecule has 0 aliphatic rings. The lowest BCUT2D eigenvalue weighted by atomic mass is 10.1. The molecule has 0 fully saturated rings. The number of amides is 1. The molecule has 0 aliphatic carbocycles. The van der Waals surface area contributed by atoms with Crippen LogP contribution in [0, 0.1) is 0 Å². The fourth-order valence-corrected chi connectivity index (χ4v) is 6.80. The van der Waals surface area contributed by atoms with Gasteiger partial charge in [-0.15, -0.1) is 11.3 Å². The van der Waals surface area contributed by atoms with Crippen molar-refractivity contribution < 1.29 is 27.4 Å². The van der Waals surface area contributed by atoms with Gasteiger partial charge in [-0.3, -0.25) is 4.79 Å². The normalized spacial score (nSPS) is 11.5. The Kier molecular flexibility index (Phi) is 11.9. The molecular formula is C27H32Cl2N2O6S2. The molecule has 0 spiro atoms. The van der Waals surface area contributed by atoms with Gasteiger partial charge in [-0.25, -0.2) is 8.42 Å². The van der Waals surface area contributed by atoms with Crippen LogP contribution in [0.15, 0.2) is 58.8 Å². The zero-order valence-electron chi connectivity index (χ0n) is 22.1. The maximum Gasteiger partial charge on any atom is 0.245 e. The van der Waals surface area contributed by atoms with Crippen LogP contribution in [0.1, 0.15) is 16.9 Å². The van der Waals surface area contributed by atoms with Gasteiger partial charge in [-0.2, -0.15) is 4.31 Å². The van der Waals surface area contributed by atoms with E-state index in [9.17, 15) is 13.2 Å². The predicted octanol–water partition coefficient (Wildman–Crippen LogP) is 5.37. The Morgan fingerprint density at radius 1 is 0.974 bits per heavy atom. The van der Waals surface area contributed by atoms with E-state index in [0.717, 1.165) is 14.7 Å². The van der Waals surface area contributed by atoms with Crippen molar-refractivity contribution in [2.24, 2.45) is 0 Å². The number of benzene rings is 2. The minimum absolute atomic E-state index is 0.0347. The number of ether oxygens (including phenoxy) is 3. The third-order valence-electron chi connectivity index (χ3n) is 5.98. The van der Waals surface area contributed by atoms with Crippen molar-refractivity contribution in [1.82, 2.24) is 9.21 Å². The van der Waals surface area contributed by atoms with Crippen LogP contribution in [0.5, 0.6) is 11.5 Å². The highest BCUT2D eigenvalue weighted by molar-refractivity contribution is 7.89. The van der Waals surface area contributed by atoms with Gasteiger partial charge in [0.05, 0.1) is 32.3 Å². The molecule has 0 saturated heterocycles. The molecule has 0 radical (unpaired) electrons. The van der Waals surface area contributed by atoms with Gasteiger partial charge in [0.15, 0.2) is 11.5 Å². The predicted molar refractivity (Wildman–Crippen MR) is 155 cm³/mol. The molecule has 3 rings (SSSR count). The first-order valence-corrected chi connectivity index (χ1v) is 15.2. The van der Waals surface area contributed by atoms with Crippen LogP contribution in [-0.2, 0) is 32.5 Å². The van der Waals surface area contributed by atoms with E-state index < -0.39 is 10.0 Å². The molecule has 0 saturated carbocycles. The van der Waals surface area contributed by atoms with E-state index in [1.54, 1.807) is 19.1 Å². The molecule has 1 heterocycles. The minimum Gasteiger partial charge on any atom is -0.493 e. The van der Waals surface area contributed by atoms with Gasteiger partial charge in [0, 0.05) is 36.7 Å². The summed E-state index contributed by atoms with van der Waals surface area (Å²) >= 11 is 13.9. The number of methoxy groups -OCH3 is 3. The van der Waals surface area contributed by atoms with Crippen molar-refractivity contribution in [1.29, 1.82) is 0 Å². The number of hydrogen-bond acceptors (Lipinski definition) is 7. The number of nitrogens with zero attached hydrogens (tertiary/aromatic N) is 2. The molecule has 0 aliphatic heterocycles. The smallest absolute Gasteiger partial charge is 0.245 e.